The monoisotopic (exact) mass is 499 g/mol. The fraction of sp³-hybridized carbons (Fsp3) is 0.593. The first-order valence-corrected chi connectivity index (χ1v) is 13.0. The predicted octanol–water partition coefficient (Wildman–Crippen LogP) is 3.00. The van der Waals surface area contributed by atoms with Crippen molar-refractivity contribution < 1.29 is 18.7 Å². The van der Waals surface area contributed by atoms with Gasteiger partial charge in [-0.1, -0.05) is 13.8 Å². The molecular weight excluding hydrogens is 461 g/mol. The number of carbonyl (C=O) groups is 2. The van der Waals surface area contributed by atoms with E-state index in [0.717, 1.165) is 32.0 Å². The number of aryl methyl sites for hydroxylation is 1. The number of nitrogens with zero attached hydrogens (tertiary/aromatic N) is 5. The fourth-order valence-electron chi connectivity index (χ4n) is 5.07. The summed E-state index contributed by atoms with van der Waals surface area (Å²) in [7, 11) is 2.06. The zero-order valence-electron chi connectivity index (χ0n) is 21.6. The number of piperidine rings is 1. The standard InChI is InChI=1S/C27H38FN5O3/c1-20(2)27-29-10-13-32(27)12-9-25(34)33-11-8-24(36-23-6-4-22(28)5-7-23)21(19-33)18-26(35)31-16-14-30(3)15-17-31/h4-7,10,13,20-21,24H,8-9,11-12,14-19H2,1-3H3/t21-,24-/m0/s1. The lowest BCUT2D eigenvalue weighted by atomic mass is 9.90. The number of halogens is 1. The van der Waals surface area contributed by atoms with Crippen LogP contribution in [0.15, 0.2) is 36.7 Å². The Morgan fingerprint density at radius 2 is 1.78 bits per heavy atom. The highest BCUT2D eigenvalue weighted by atomic mass is 19.1. The van der Waals surface area contributed by atoms with Crippen LogP contribution >= 0.6 is 0 Å². The second-order valence-corrected chi connectivity index (χ2v) is 10.3. The van der Waals surface area contributed by atoms with Gasteiger partial charge in [-0.3, -0.25) is 9.59 Å². The van der Waals surface area contributed by atoms with Crippen molar-refractivity contribution in [3.8, 4) is 5.75 Å². The van der Waals surface area contributed by atoms with E-state index in [1.165, 1.54) is 12.1 Å². The third-order valence-electron chi connectivity index (χ3n) is 7.24. The maximum atomic E-state index is 13.4. The quantitative estimate of drug-likeness (QED) is 0.559. The number of likely N-dealkylation sites (tertiary alicyclic amines) is 1. The lowest BCUT2D eigenvalue weighted by Crippen LogP contribution is -2.51. The molecule has 1 aromatic carbocycles. The highest BCUT2D eigenvalue weighted by Gasteiger charge is 2.35. The molecule has 2 saturated heterocycles. The van der Waals surface area contributed by atoms with Crippen molar-refractivity contribution in [2.45, 2.75) is 51.7 Å². The van der Waals surface area contributed by atoms with Gasteiger partial charge < -0.3 is 24.0 Å². The number of likely N-dealkylation sites (N-methyl/N-ethyl adjacent to an activating group) is 1. The van der Waals surface area contributed by atoms with Crippen LogP contribution in [0, 0.1) is 11.7 Å². The minimum Gasteiger partial charge on any atom is -0.490 e. The van der Waals surface area contributed by atoms with Crippen molar-refractivity contribution in [2.75, 3.05) is 46.3 Å². The lowest BCUT2D eigenvalue weighted by molar-refractivity contribution is -0.140. The Labute approximate surface area is 213 Å². The molecule has 0 aliphatic carbocycles. The predicted molar refractivity (Wildman–Crippen MR) is 135 cm³/mol. The largest absolute Gasteiger partial charge is 0.490 e. The van der Waals surface area contributed by atoms with Gasteiger partial charge in [0.05, 0.1) is 0 Å². The molecule has 0 N–H and O–H groups in total. The molecule has 0 bridgehead atoms. The van der Waals surface area contributed by atoms with Gasteiger partial charge in [0.1, 0.15) is 23.5 Å². The van der Waals surface area contributed by atoms with Crippen LogP contribution < -0.4 is 4.74 Å². The third kappa shape index (κ3) is 6.63. The Balaban J connectivity index is 1.40. The molecule has 2 aliphatic rings. The summed E-state index contributed by atoms with van der Waals surface area (Å²) in [6.07, 6.45) is 4.83. The van der Waals surface area contributed by atoms with Crippen LogP contribution in [0.2, 0.25) is 0 Å². The molecule has 196 valence electrons. The van der Waals surface area contributed by atoms with E-state index in [0.29, 0.717) is 50.6 Å². The van der Waals surface area contributed by atoms with Gasteiger partial charge in [0, 0.05) is 89.3 Å². The molecule has 8 nitrogen and oxygen atoms in total. The summed E-state index contributed by atoms with van der Waals surface area (Å²) in [6.45, 7) is 8.99. The molecule has 2 atom stereocenters. The minimum absolute atomic E-state index is 0.0793. The van der Waals surface area contributed by atoms with E-state index in [1.54, 1.807) is 18.3 Å². The van der Waals surface area contributed by atoms with E-state index in [2.05, 4.69) is 30.8 Å². The van der Waals surface area contributed by atoms with E-state index in [-0.39, 0.29) is 29.7 Å². The zero-order valence-corrected chi connectivity index (χ0v) is 21.6. The number of rotatable bonds is 8. The normalized spacial score (nSPS) is 21.1. The Morgan fingerprint density at radius 1 is 1.06 bits per heavy atom. The molecule has 9 heteroatoms. The van der Waals surface area contributed by atoms with Crippen LogP contribution in [0.3, 0.4) is 0 Å². The second-order valence-electron chi connectivity index (χ2n) is 10.3. The highest BCUT2D eigenvalue weighted by Crippen LogP contribution is 2.27. The number of amides is 2. The van der Waals surface area contributed by atoms with Gasteiger partial charge in [0.25, 0.3) is 0 Å². The average Bonchev–Trinajstić information content (AvgIpc) is 3.34. The van der Waals surface area contributed by atoms with Gasteiger partial charge in [-0.05, 0) is 31.3 Å². The molecule has 2 aromatic rings. The molecule has 4 rings (SSSR count). The summed E-state index contributed by atoms with van der Waals surface area (Å²) in [5.74, 6) is 1.59. The van der Waals surface area contributed by atoms with Crippen molar-refractivity contribution in [3.63, 3.8) is 0 Å². The van der Waals surface area contributed by atoms with Crippen LogP contribution in [0.25, 0.3) is 0 Å². The number of aromatic nitrogens is 2. The van der Waals surface area contributed by atoms with Crippen LogP contribution in [0.4, 0.5) is 4.39 Å². The van der Waals surface area contributed by atoms with Crippen LogP contribution in [0.1, 0.15) is 44.9 Å². The average molecular weight is 500 g/mol. The SMILES string of the molecule is CC(C)c1nccn1CCC(=O)N1CC[C@H](Oc2ccc(F)cc2)[C@@H](CC(=O)N2CCN(C)CC2)C1. The number of imidazole rings is 1. The second kappa shape index (κ2) is 11.9. The first kappa shape index (κ1) is 26.1. The molecule has 0 saturated carbocycles. The van der Waals surface area contributed by atoms with Crippen molar-refractivity contribution in [1.82, 2.24) is 24.3 Å². The molecule has 0 spiro atoms. The highest BCUT2D eigenvalue weighted by molar-refractivity contribution is 5.78. The van der Waals surface area contributed by atoms with Crippen molar-refractivity contribution >= 4 is 11.8 Å². The molecule has 2 aliphatic heterocycles. The van der Waals surface area contributed by atoms with E-state index in [4.69, 9.17) is 4.74 Å². The summed E-state index contributed by atoms with van der Waals surface area (Å²) < 4.78 is 21.6. The van der Waals surface area contributed by atoms with Gasteiger partial charge in [0.2, 0.25) is 11.8 Å². The Morgan fingerprint density at radius 3 is 2.47 bits per heavy atom. The minimum atomic E-state index is -0.317. The van der Waals surface area contributed by atoms with Gasteiger partial charge in [-0.15, -0.1) is 0 Å². The van der Waals surface area contributed by atoms with E-state index < -0.39 is 0 Å². The number of hydrogen-bond donors (Lipinski definition) is 0. The van der Waals surface area contributed by atoms with Crippen LogP contribution in [-0.2, 0) is 16.1 Å². The van der Waals surface area contributed by atoms with E-state index in [1.807, 2.05) is 20.6 Å². The lowest BCUT2D eigenvalue weighted by Gasteiger charge is -2.40. The first-order valence-electron chi connectivity index (χ1n) is 13.0. The Hall–Kier alpha value is -2.94. The molecule has 0 radical (unpaired) electrons. The molecule has 1 aromatic heterocycles. The summed E-state index contributed by atoms with van der Waals surface area (Å²) in [6, 6.07) is 5.98. The van der Waals surface area contributed by atoms with E-state index in [9.17, 15) is 14.0 Å². The van der Waals surface area contributed by atoms with Gasteiger partial charge >= 0.3 is 0 Å². The maximum absolute atomic E-state index is 13.4. The van der Waals surface area contributed by atoms with Gasteiger partial charge in [-0.2, -0.15) is 0 Å². The third-order valence-corrected chi connectivity index (χ3v) is 7.24. The Bertz CT molecular complexity index is 1020. The van der Waals surface area contributed by atoms with Gasteiger partial charge in [0.15, 0.2) is 0 Å². The van der Waals surface area contributed by atoms with Crippen molar-refractivity contribution in [2.24, 2.45) is 5.92 Å². The van der Waals surface area contributed by atoms with Crippen LogP contribution in [0.5, 0.6) is 5.75 Å². The summed E-state index contributed by atoms with van der Waals surface area (Å²) in [4.78, 5) is 36.7. The number of carbonyl (C=O) groups excluding carboxylic acids is 2. The van der Waals surface area contributed by atoms with Gasteiger partial charge in [-0.25, -0.2) is 9.37 Å². The maximum Gasteiger partial charge on any atom is 0.224 e. The number of benzene rings is 1. The smallest absolute Gasteiger partial charge is 0.224 e. The molecule has 2 amide bonds. The summed E-state index contributed by atoms with van der Waals surface area (Å²) in [5.41, 5.74) is 0. The molecule has 3 heterocycles. The van der Waals surface area contributed by atoms with Crippen molar-refractivity contribution in [3.05, 3.63) is 48.3 Å². The summed E-state index contributed by atoms with van der Waals surface area (Å²) in [5, 5.41) is 0. The van der Waals surface area contributed by atoms with Crippen molar-refractivity contribution in [1.29, 1.82) is 0 Å². The van der Waals surface area contributed by atoms with E-state index >= 15 is 0 Å². The number of piperazine rings is 1. The van der Waals surface area contributed by atoms with Crippen LogP contribution in [-0.4, -0.2) is 88.5 Å². The zero-order chi connectivity index (χ0) is 25.7. The Kier molecular flexibility index (Phi) is 8.61. The number of ether oxygens (including phenoxy) is 1. The first-order chi connectivity index (χ1) is 17.3. The molecule has 2 fully saturated rings. The molecule has 0 unspecified atom stereocenters. The molecule has 36 heavy (non-hydrogen) atoms. The molecular formula is C27H38FN5O3. The number of hydrogen-bond acceptors (Lipinski definition) is 5. The fourth-order valence-corrected chi connectivity index (χ4v) is 5.07. The topological polar surface area (TPSA) is 70.9 Å². The summed E-state index contributed by atoms with van der Waals surface area (Å²) >= 11 is 0.